The van der Waals surface area contributed by atoms with Gasteiger partial charge in [-0.3, -0.25) is 0 Å². The Morgan fingerprint density at radius 3 is 3.10 bits per heavy atom. The SMILES string of the molecule is CC(C)CNCc1cc(COCCc2cccs2)on1. The molecule has 2 aromatic rings. The Morgan fingerprint density at radius 2 is 2.35 bits per heavy atom. The molecule has 1 N–H and O–H groups in total. The average molecular weight is 294 g/mol. The predicted molar refractivity (Wildman–Crippen MR) is 80.7 cm³/mol. The summed E-state index contributed by atoms with van der Waals surface area (Å²) < 4.78 is 10.8. The molecule has 0 radical (unpaired) electrons. The molecule has 0 saturated heterocycles. The van der Waals surface area contributed by atoms with Crippen molar-refractivity contribution in [1.82, 2.24) is 10.5 Å². The molecule has 0 bridgehead atoms. The fourth-order valence-corrected chi connectivity index (χ4v) is 2.49. The third-order valence-electron chi connectivity index (χ3n) is 2.78. The fourth-order valence-electron chi connectivity index (χ4n) is 1.80. The monoisotopic (exact) mass is 294 g/mol. The van der Waals surface area contributed by atoms with Gasteiger partial charge in [0, 0.05) is 23.9 Å². The zero-order valence-electron chi connectivity index (χ0n) is 12.1. The molecule has 0 atom stereocenters. The van der Waals surface area contributed by atoms with Crippen LogP contribution in [0.15, 0.2) is 28.1 Å². The van der Waals surface area contributed by atoms with E-state index in [9.17, 15) is 0 Å². The minimum Gasteiger partial charge on any atom is -0.373 e. The standard InChI is InChI=1S/C15H22N2O2S/c1-12(2)9-16-10-13-8-14(19-17-13)11-18-6-5-15-4-3-7-20-15/h3-4,7-8,12,16H,5-6,9-11H2,1-2H3. The van der Waals surface area contributed by atoms with Gasteiger partial charge in [0.1, 0.15) is 6.61 Å². The van der Waals surface area contributed by atoms with E-state index in [1.165, 1.54) is 4.88 Å². The van der Waals surface area contributed by atoms with Crippen molar-refractivity contribution in [3.63, 3.8) is 0 Å². The van der Waals surface area contributed by atoms with Crippen molar-refractivity contribution in [2.24, 2.45) is 5.92 Å². The number of nitrogens with one attached hydrogen (secondary N) is 1. The summed E-state index contributed by atoms with van der Waals surface area (Å²) in [7, 11) is 0. The zero-order valence-corrected chi connectivity index (χ0v) is 12.9. The Hall–Kier alpha value is -1.17. The first kappa shape index (κ1) is 15.2. The van der Waals surface area contributed by atoms with E-state index < -0.39 is 0 Å². The molecule has 0 aromatic carbocycles. The number of nitrogens with zero attached hydrogens (tertiary/aromatic N) is 1. The molecule has 0 aliphatic carbocycles. The molecule has 4 nitrogen and oxygen atoms in total. The number of ether oxygens (including phenoxy) is 1. The van der Waals surface area contributed by atoms with Crippen molar-refractivity contribution in [3.05, 3.63) is 39.9 Å². The van der Waals surface area contributed by atoms with Crippen molar-refractivity contribution in [1.29, 1.82) is 0 Å². The van der Waals surface area contributed by atoms with Gasteiger partial charge in [0.05, 0.1) is 12.3 Å². The van der Waals surface area contributed by atoms with Crippen LogP contribution in [0.1, 0.15) is 30.2 Å². The summed E-state index contributed by atoms with van der Waals surface area (Å²) in [4.78, 5) is 1.35. The third kappa shape index (κ3) is 5.45. The van der Waals surface area contributed by atoms with E-state index in [-0.39, 0.29) is 0 Å². The number of hydrogen-bond donors (Lipinski definition) is 1. The Morgan fingerprint density at radius 1 is 1.45 bits per heavy atom. The van der Waals surface area contributed by atoms with Crippen molar-refractivity contribution >= 4 is 11.3 Å². The molecule has 0 spiro atoms. The smallest absolute Gasteiger partial charge is 0.162 e. The topological polar surface area (TPSA) is 47.3 Å². The zero-order chi connectivity index (χ0) is 14.2. The minimum absolute atomic E-state index is 0.489. The highest BCUT2D eigenvalue weighted by atomic mass is 32.1. The fraction of sp³-hybridized carbons (Fsp3) is 0.533. The summed E-state index contributed by atoms with van der Waals surface area (Å²) in [6, 6.07) is 6.15. The summed E-state index contributed by atoms with van der Waals surface area (Å²) in [6.45, 7) is 7.30. The summed E-state index contributed by atoms with van der Waals surface area (Å²) in [5.41, 5.74) is 0.933. The Kier molecular flexibility index (Phi) is 6.24. The van der Waals surface area contributed by atoms with Gasteiger partial charge in [-0.1, -0.05) is 25.1 Å². The van der Waals surface area contributed by atoms with Crippen LogP contribution in [0.4, 0.5) is 0 Å². The predicted octanol–water partition coefficient (Wildman–Crippen LogP) is 3.24. The van der Waals surface area contributed by atoms with Crippen molar-refractivity contribution in [2.45, 2.75) is 33.4 Å². The van der Waals surface area contributed by atoms with E-state index in [0.29, 0.717) is 19.1 Å². The molecule has 20 heavy (non-hydrogen) atoms. The number of thiophene rings is 1. The van der Waals surface area contributed by atoms with Gasteiger partial charge in [0.25, 0.3) is 0 Å². The highest BCUT2D eigenvalue weighted by Crippen LogP contribution is 2.10. The van der Waals surface area contributed by atoms with Crippen LogP contribution in [-0.2, 0) is 24.3 Å². The van der Waals surface area contributed by atoms with Crippen molar-refractivity contribution in [3.8, 4) is 0 Å². The summed E-state index contributed by atoms with van der Waals surface area (Å²) in [6.07, 6.45) is 0.953. The van der Waals surface area contributed by atoms with Crippen LogP contribution in [0, 0.1) is 5.92 Å². The van der Waals surface area contributed by atoms with E-state index in [0.717, 1.165) is 31.0 Å². The quantitative estimate of drug-likeness (QED) is 0.721. The van der Waals surface area contributed by atoms with Crippen molar-refractivity contribution in [2.75, 3.05) is 13.2 Å². The number of rotatable bonds is 9. The Balaban J connectivity index is 1.62. The minimum atomic E-state index is 0.489. The maximum atomic E-state index is 5.60. The molecule has 2 aromatic heterocycles. The van der Waals surface area contributed by atoms with Crippen LogP contribution in [0.25, 0.3) is 0 Å². The second-order valence-corrected chi connectivity index (χ2v) is 6.22. The number of aromatic nitrogens is 1. The molecule has 2 heterocycles. The van der Waals surface area contributed by atoms with Gasteiger partial charge in [-0.2, -0.15) is 0 Å². The maximum absolute atomic E-state index is 5.60. The van der Waals surface area contributed by atoms with Gasteiger partial charge in [-0.25, -0.2) is 0 Å². The van der Waals surface area contributed by atoms with Gasteiger partial charge >= 0.3 is 0 Å². The first-order chi connectivity index (χ1) is 9.74. The molecule has 0 aliphatic rings. The highest BCUT2D eigenvalue weighted by molar-refractivity contribution is 7.09. The normalized spacial score (nSPS) is 11.3. The summed E-state index contributed by atoms with van der Waals surface area (Å²) >= 11 is 1.76. The van der Waals surface area contributed by atoms with Gasteiger partial charge in [-0.05, 0) is 23.9 Å². The van der Waals surface area contributed by atoms with Crippen LogP contribution in [-0.4, -0.2) is 18.3 Å². The third-order valence-corrected chi connectivity index (χ3v) is 3.72. The summed E-state index contributed by atoms with van der Waals surface area (Å²) in [5, 5.41) is 9.45. The van der Waals surface area contributed by atoms with Crippen molar-refractivity contribution < 1.29 is 9.26 Å². The first-order valence-electron chi connectivity index (χ1n) is 6.99. The second-order valence-electron chi connectivity index (χ2n) is 5.19. The summed E-state index contributed by atoms with van der Waals surface area (Å²) in [5.74, 6) is 1.43. The molecule has 5 heteroatoms. The Bertz CT molecular complexity index is 480. The largest absolute Gasteiger partial charge is 0.373 e. The molecule has 0 fully saturated rings. The van der Waals surface area contributed by atoms with E-state index >= 15 is 0 Å². The van der Waals surface area contributed by atoms with Gasteiger partial charge < -0.3 is 14.6 Å². The lowest BCUT2D eigenvalue weighted by Gasteiger charge is -2.04. The molecule has 0 aliphatic heterocycles. The first-order valence-corrected chi connectivity index (χ1v) is 7.87. The lowest BCUT2D eigenvalue weighted by Crippen LogP contribution is -2.19. The van der Waals surface area contributed by atoms with E-state index in [2.05, 4.69) is 41.8 Å². The number of hydrogen-bond acceptors (Lipinski definition) is 5. The average Bonchev–Trinajstić information content (AvgIpc) is 3.05. The van der Waals surface area contributed by atoms with Crippen LogP contribution < -0.4 is 5.32 Å². The van der Waals surface area contributed by atoms with Crippen LogP contribution in [0.3, 0.4) is 0 Å². The van der Waals surface area contributed by atoms with E-state index in [1.54, 1.807) is 11.3 Å². The highest BCUT2D eigenvalue weighted by Gasteiger charge is 2.04. The van der Waals surface area contributed by atoms with Gasteiger partial charge in [0.15, 0.2) is 5.76 Å². The van der Waals surface area contributed by atoms with E-state index in [4.69, 9.17) is 9.26 Å². The van der Waals surface area contributed by atoms with Crippen LogP contribution >= 0.6 is 11.3 Å². The molecule has 0 unspecified atom stereocenters. The van der Waals surface area contributed by atoms with Crippen LogP contribution in [0.2, 0.25) is 0 Å². The molecule has 2 rings (SSSR count). The molecular weight excluding hydrogens is 272 g/mol. The van der Waals surface area contributed by atoms with E-state index in [1.807, 2.05) is 6.07 Å². The molecule has 0 amide bonds. The lowest BCUT2D eigenvalue weighted by molar-refractivity contribution is 0.104. The maximum Gasteiger partial charge on any atom is 0.162 e. The molecule has 0 saturated carbocycles. The molecule has 110 valence electrons. The lowest BCUT2D eigenvalue weighted by atomic mass is 10.2. The Labute approximate surface area is 124 Å². The van der Waals surface area contributed by atoms with Crippen LogP contribution in [0.5, 0.6) is 0 Å². The van der Waals surface area contributed by atoms with Gasteiger partial charge in [0.2, 0.25) is 0 Å². The van der Waals surface area contributed by atoms with Gasteiger partial charge in [-0.15, -0.1) is 11.3 Å². The second kappa shape index (κ2) is 8.19. The molecular formula is C15H22N2O2S.